The zero-order chi connectivity index (χ0) is 14.0. The molecule has 0 bridgehead atoms. The highest BCUT2D eigenvalue weighted by Gasteiger charge is 2.46. The van der Waals surface area contributed by atoms with Gasteiger partial charge in [-0.1, -0.05) is 34.6 Å². The molecule has 1 heterocycles. The summed E-state index contributed by atoms with van der Waals surface area (Å²) in [5.41, 5.74) is -0.681. The van der Waals surface area contributed by atoms with Gasteiger partial charge < -0.3 is 10.1 Å². The summed E-state index contributed by atoms with van der Waals surface area (Å²) in [5.74, 6) is 0.0420. The SMILES string of the molecule is CCC(=O)C(NC(=O)C1(CC)COC1)C(C)(C)C. The molecule has 1 aliphatic rings. The Balaban J connectivity index is 2.78. The molecular formula is C14H25NO3. The lowest BCUT2D eigenvalue weighted by Gasteiger charge is -2.41. The molecule has 0 aliphatic carbocycles. The third kappa shape index (κ3) is 2.91. The van der Waals surface area contributed by atoms with Crippen LogP contribution in [0.25, 0.3) is 0 Å². The monoisotopic (exact) mass is 255 g/mol. The molecule has 1 unspecified atom stereocenters. The van der Waals surface area contributed by atoms with Crippen LogP contribution < -0.4 is 5.32 Å². The van der Waals surface area contributed by atoms with Gasteiger partial charge in [-0.25, -0.2) is 0 Å². The summed E-state index contributed by atoms with van der Waals surface area (Å²) < 4.78 is 5.16. The Bertz CT molecular complexity index is 321. The van der Waals surface area contributed by atoms with Gasteiger partial charge in [-0.05, 0) is 11.8 Å². The van der Waals surface area contributed by atoms with Crippen molar-refractivity contribution in [1.29, 1.82) is 0 Å². The lowest BCUT2D eigenvalue weighted by Crippen LogP contribution is -2.59. The molecule has 4 nitrogen and oxygen atoms in total. The summed E-state index contributed by atoms with van der Waals surface area (Å²) in [6.45, 7) is 10.7. The van der Waals surface area contributed by atoms with Crippen LogP contribution in [0.5, 0.6) is 0 Å². The van der Waals surface area contributed by atoms with Gasteiger partial charge in [0.15, 0.2) is 5.78 Å². The summed E-state index contributed by atoms with van der Waals surface area (Å²) in [7, 11) is 0. The molecule has 1 atom stereocenters. The molecule has 18 heavy (non-hydrogen) atoms. The van der Waals surface area contributed by atoms with Crippen molar-refractivity contribution in [1.82, 2.24) is 5.32 Å². The Morgan fingerprint density at radius 1 is 1.28 bits per heavy atom. The number of ether oxygens (including phenoxy) is 1. The first-order valence-corrected chi connectivity index (χ1v) is 6.68. The van der Waals surface area contributed by atoms with E-state index in [1.165, 1.54) is 0 Å². The molecule has 4 heteroatoms. The minimum atomic E-state index is -0.419. The maximum absolute atomic E-state index is 12.3. The van der Waals surface area contributed by atoms with E-state index in [0.717, 1.165) is 6.42 Å². The number of Topliss-reactive ketones (excluding diaryl/α,β-unsaturated/α-hetero) is 1. The van der Waals surface area contributed by atoms with E-state index in [1.807, 2.05) is 34.6 Å². The van der Waals surface area contributed by atoms with Crippen molar-refractivity contribution < 1.29 is 14.3 Å². The van der Waals surface area contributed by atoms with Crippen molar-refractivity contribution in [2.45, 2.75) is 53.5 Å². The summed E-state index contributed by atoms with van der Waals surface area (Å²) >= 11 is 0. The second-order valence-electron chi connectivity index (χ2n) is 6.22. The van der Waals surface area contributed by atoms with Gasteiger partial charge in [-0.15, -0.1) is 0 Å². The molecule has 0 radical (unpaired) electrons. The Morgan fingerprint density at radius 3 is 2.11 bits per heavy atom. The van der Waals surface area contributed by atoms with Crippen LogP contribution in [0.1, 0.15) is 47.5 Å². The average Bonchev–Trinajstić information content (AvgIpc) is 2.22. The second kappa shape index (κ2) is 5.39. The van der Waals surface area contributed by atoms with Crippen molar-refractivity contribution in [3.63, 3.8) is 0 Å². The van der Waals surface area contributed by atoms with Gasteiger partial charge in [-0.2, -0.15) is 0 Å². The van der Waals surface area contributed by atoms with Crippen molar-refractivity contribution in [3.05, 3.63) is 0 Å². The van der Waals surface area contributed by atoms with Gasteiger partial charge in [0, 0.05) is 6.42 Å². The highest BCUT2D eigenvalue weighted by Crippen LogP contribution is 2.32. The van der Waals surface area contributed by atoms with Crippen molar-refractivity contribution >= 4 is 11.7 Å². The molecule has 1 saturated heterocycles. The predicted molar refractivity (Wildman–Crippen MR) is 70.2 cm³/mol. The van der Waals surface area contributed by atoms with E-state index < -0.39 is 11.5 Å². The first-order chi connectivity index (χ1) is 8.27. The van der Waals surface area contributed by atoms with Crippen LogP contribution in [0.15, 0.2) is 0 Å². The van der Waals surface area contributed by atoms with Crippen LogP contribution in [-0.4, -0.2) is 30.9 Å². The normalized spacial score (nSPS) is 19.8. The Kier molecular flexibility index (Phi) is 4.54. The number of hydrogen-bond donors (Lipinski definition) is 1. The third-order valence-corrected chi connectivity index (χ3v) is 3.73. The van der Waals surface area contributed by atoms with E-state index in [0.29, 0.717) is 19.6 Å². The van der Waals surface area contributed by atoms with Crippen molar-refractivity contribution in [2.24, 2.45) is 10.8 Å². The first-order valence-electron chi connectivity index (χ1n) is 6.68. The van der Waals surface area contributed by atoms with Crippen LogP contribution in [-0.2, 0) is 14.3 Å². The molecule has 0 saturated carbocycles. The summed E-state index contributed by atoms with van der Waals surface area (Å²) in [6.07, 6.45) is 1.19. The van der Waals surface area contributed by atoms with E-state index in [1.54, 1.807) is 0 Å². The molecule has 0 aromatic heterocycles. The lowest BCUT2D eigenvalue weighted by atomic mass is 9.79. The molecule has 0 aromatic rings. The van der Waals surface area contributed by atoms with Crippen molar-refractivity contribution in [3.8, 4) is 0 Å². The number of amides is 1. The molecule has 104 valence electrons. The average molecular weight is 255 g/mol. The van der Waals surface area contributed by atoms with Gasteiger partial charge >= 0.3 is 0 Å². The van der Waals surface area contributed by atoms with Crippen molar-refractivity contribution in [2.75, 3.05) is 13.2 Å². The van der Waals surface area contributed by atoms with Gasteiger partial charge in [0.25, 0.3) is 0 Å². The number of ketones is 1. The maximum Gasteiger partial charge on any atom is 0.231 e. The zero-order valence-electron chi connectivity index (χ0n) is 12.1. The van der Waals surface area contributed by atoms with E-state index in [9.17, 15) is 9.59 Å². The Morgan fingerprint density at radius 2 is 1.83 bits per heavy atom. The van der Waals surface area contributed by atoms with E-state index in [4.69, 9.17) is 4.74 Å². The number of nitrogens with one attached hydrogen (secondary N) is 1. The molecule has 1 rings (SSSR count). The fourth-order valence-electron chi connectivity index (χ4n) is 2.11. The lowest BCUT2D eigenvalue weighted by molar-refractivity contribution is -0.164. The fraction of sp³-hybridized carbons (Fsp3) is 0.857. The van der Waals surface area contributed by atoms with Crippen LogP contribution >= 0.6 is 0 Å². The minimum Gasteiger partial charge on any atom is -0.379 e. The Labute approximate surface area is 109 Å². The molecule has 1 N–H and O–H groups in total. The largest absolute Gasteiger partial charge is 0.379 e. The van der Waals surface area contributed by atoms with Gasteiger partial charge in [0.1, 0.15) is 0 Å². The molecule has 0 spiro atoms. The third-order valence-electron chi connectivity index (χ3n) is 3.73. The predicted octanol–water partition coefficient (Wildman–Crippen LogP) is 1.92. The standard InChI is InChI=1S/C14H25NO3/c1-6-10(16)11(13(3,4)5)15-12(17)14(7-2)8-18-9-14/h11H,6-9H2,1-5H3,(H,15,17). The van der Waals surface area contributed by atoms with Crippen LogP contribution in [0, 0.1) is 10.8 Å². The van der Waals surface area contributed by atoms with Gasteiger partial charge in [0.05, 0.1) is 24.7 Å². The molecule has 1 fully saturated rings. The Hall–Kier alpha value is -0.900. The van der Waals surface area contributed by atoms with Gasteiger partial charge in [-0.3, -0.25) is 9.59 Å². The first kappa shape index (κ1) is 15.2. The molecule has 0 aromatic carbocycles. The van der Waals surface area contributed by atoms with Gasteiger partial charge in [0.2, 0.25) is 5.91 Å². The quantitative estimate of drug-likeness (QED) is 0.816. The van der Waals surface area contributed by atoms with Crippen LogP contribution in [0.3, 0.4) is 0 Å². The number of carbonyl (C=O) groups is 2. The highest BCUT2D eigenvalue weighted by molar-refractivity contribution is 5.92. The summed E-state index contributed by atoms with van der Waals surface area (Å²) in [4.78, 5) is 24.3. The number of carbonyl (C=O) groups excluding carboxylic acids is 2. The van der Waals surface area contributed by atoms with Crippen LogP contribution in [0.2, 0.25) is 0 Å². The second-order valence-corrected chi connectivity index (χ2v) is 6.22. The van der Waals surface area contributed by atoms with E-state index in [2.05, 4.69) is 5.32 Å². The summed E-state index contributed by atoms with van der Waals surface area (Å²) in [6, 6.07) is -0.418. The highest BCUT2D eigenvalue weighted by atomic mass is 16.5. The van der Waals surface area contributed by atoms with E-state index >= 15 is 0 Å². The molecule has 1 amide bonds. The van der Waals surface area contributed by atoms with E-state index in [-0.39, 0.29) is 17.1 Å². The summed E-state index contributed by atoms with van der Waals surface area (Å²) in [5, 5.41) is 2.93. The molecule has 1 aliphatic heterocycles. The fourth-order valence-corrected chi connectivity index (χ4v) is 2.11. The zero-order valence-corrected chi connectivity index (χ0v) is 12.1. The number of hydrogen-bond acceptors (Lipinski definition) is 3. The smallest absolute Gasteiger partial charge is 0.231 e. The van der Waals surface area contributed by atoms with Crippen LogP contribution in [0.4, 0.5) is 0 Å². The minimum absolute atomic E-state index is 0.0435. The maximum atomic E-state index is 12.3. The number of rotatable bonds is 5. The topological polar surface area (TPSA) is 55.4 Å². The molecular weight excluding hydrogens is 230 g/mol.